The lowest BCUT2D eigenvalue weighted by Crippen LogP contribution is -2.01. The first-order chi connectivity index (χ1) is 5.75. The van der Waals surface area contributed by atoms with Crippen LogP contribution in [-0.4, -0.2) is 11.1 Å². The van der Waals surface area contributed by atoms with Crippen molar-refractivity contribution < 1.29 is 9.90 Å². The Morgan fingerprint density at radius 3 is 2.67 bits per heavy atom. The SMILES string of the molecule is [CH2]CCc1ccccc1C(=O)O. The van der Waals surface area contributed by atoms with E-state index in [1.165, 1.54) is 0 Å². The third-order valence-electron chi connectivity index (χ3n) is 1.69. The van der Waals surface area contributed by atoms with Gasteiger partial charge in [0.15, 0.2) is 0 Å². The normalized spacial score (nSPS) is 9.75. The Bertz CT molecular complexity index is 279. The van der Waals surface area contributed by atoms with Gasteiger partial charge in [0.05, 0.1) is 5.56 Å². The van der Waals surface area contributed by atoms with Crippen molar-refractivity contribution in [2.24, 2.45) is 0 Å². The van der Waals surface area contributed by atoms with E-state index < -0.39 is 5.97 Å². The van der Waals surface area contributed by atoms with E-state index in [9.17, 15) is 4.79 Å². The number of carboxylic acids is 1. The van der Waals surface area contributed by atoms with Crippen LogP contribution in [-0.2, 0) is 6.42 Å². The highest BCUT2D eigenvalue weighted by Crippen LogP contribution is 2.10. The molecule has 0 saturated heterocycles. The van der Waals surface area contributed by atoms with Gasteiger partial charge in [-0.1, -0.05) is 25.1 Å². The minimum atomic E-state index is -0.862. The summed E-state index contributed by atoms with van der Waals surface area (Å²) in [5, 5.41) is 8.77. The number of carbonyl (C=O) groups is 1. The van der Waals surface area contributed by atoms with E-state index in [0.29, 0.717) is 5.56 Å². The summed E-state index contributed by atoms with van der Waals surface area (Å²) in [4.78, 5) is 10.7. The predicted molar refractivity (Wildman–Crippen MR) is 47.1 cm³/mol. The number of carboxylic acid groups (broad SMARTS) is 1. The van der Waals surface area contributed by atoms with E-state index in [1.807, 2.05) is 12.1 Å². The fraction of sp³-hybridized carbons (Fsp3) is 0.200. The first-order valence-corrected chi connectivity index (χ1v) is 3.86. The van der Waals surface area contributed by atoms with E-state index in [2.05, 4.69) is 6.92 Å². The molecule has 0 aromatic heterocycles. The highest BCUT2D eigenvalue weighted by atomic mass is 16.4. The number of hydrogen-bond acceptors (Lipinski definition) is 1. The van der Waals surface area contributed by atoms with Crippen LogP contribution in [0.25, 0.3) is 0 Å². The second-order valence-corrected chi connectivity index (χ2v) is 2.57. The molecular weight excluding hydrogens is 152 g/mol. The van der Waals surface area contributed by atoms with Crippen LogP contribution in [0.3, 0.4) is 0 Å². The van der Waals surface area contributed by atoms with Gasteiger partial charge in [0, 0.05) is 0 Å². The van der Waals surface area contributed by atoms with E-state index in [1.54, 1.807) is 12.1 Å². The van der Waals surface area contributed by atoms with Crippen molar-refractivity contribution in [2.75, 3.05) is 0 Å². The summed E-state index contributed by atoms with van der Waals surface area (Å²) in [5.41, 5.74) is 1.25. The van der Waals surface area contributed by atoms with Crippen LogP contribution in [0.2, 0.25) is 0 Å². The molecule has 0 fully saturated rings. The van der Waals surface area contributed by atoms with E-state index in [-0.39, 0.29) is 0 Å². The van der Waals surface area contributed by atoms with Crippen molar-refractivity contribution in [1.29, 1.82) is 0 Å². The first-order valence-electron chi connectivity index (χ1n) is 3.86. The average Bonchev–Trinajstić information content (AvgIpc) is 2.05. The monoisotopic (exact) mass is 163 g/mol. The molecule has 0 amide bonds. The van der Waals surface area contributed by atoms with Gasteiger partial charge in [-0.25, -0.2) is 4.79 Å². The van der Waals surface area contributed by atoms with Crippen molar-refractivity contribution in [1.82, 2.24) is 0 Å². The van der Waals surface area contributed by atoms with Crippen molar-refractivity contribution in [3.05, 3.63) is 42.3 Å². The molecule has 0 heterocycles. The van der Waals surface area contributed by atoms with Crippen molar-refractivity contribution in [2.45, 2.75) is 12.8 Å². The summed E-state index contributed by atoms with van der Waals surface area (Å²) >= 11 is 0. The molecule has 0 unspecified atom stereocenters. The molecule has 2 nitrogen and oxygen atoms in total. The van der Waals surface area contributed by atoms with Gasteiger partial charge in [-0.3, -0.25) is 0 Å². The lowest BCUT2D eigenvalue weighted by molar-refractivity contribution is 0.0695. The maximum atomic E-state index is 10.7. The van der Waals surface area contributed by atoms with Crippen molar-refractivity contribution >= 4 is 5.97 Å². The van der Waals surface area contributed by atoms with Crippen molar-refractivity contribution in [3.63, 3.8) is 0 Å². The Hall–Kier alpha value is -1.31. The van der Waals surface area contributed by atoms with Crippen LogP contribution in [0, 0.1) is 6.92 Å². The molecule has 0 atom stereocenters. The molecule has 1 radical (unpaired) electrons. The van der Waals surface area contributed by atoms with Gasteiger partial charge >= 0.3 is 5.97 Å². The Labute approximate surface area is 71.8 Å². The summed E-state index contributed by atoms with van der Waals surface area (Å²) in [6.07, 6.45) is 1.45. The highest BCUT2D eigenvalue weighted by molar-refractivity contribution is 5.89. The molecule has 63 valence electrons. The number of benzene rings is 1. The van der Waals surface area contributed by atoms with Crippen LogP contribution in [0.1, 0.15) is 22.3 Å². The van der Waals surface area contributed by atoms with E-state index in [0.717, 1.165) is 18.4 Å². The predicted octanol–water partition coefficient (Wildman–Crippen LogP) is 2.15. The number of hydrogen-bond donors (Lipinski definition) is 1. The highest BCUT2D eigenvalue weighted by Gasteiger charge is 2.06. The number of aryl methyl sites for hydroxylation is 1. The Balaban J connectivity index is 3.00. The number of rotatable bonds is 3. The van der Waals surface area contributed by atoms with Gasteiger partial charge in [-0.15, -0.1) is 0 Å². The van der Waals surface area contributed by atoms with Gasteiger partial charge in [0.25, 0.3) is 0 Å². The minimum absolute atomic E-state index is 0.390. The van der Waals surface area contributed by atoms with E-state index in [4.69, 9.17) is 5.11 Å². The van der Waals surface area contributed by atoms with Crippen LogP contribution in [0.15, 0.2) is 24.3 Å². The molecule has 1 aromatic rings. The summed E-state index contributed by atoms with van der Waals surface area (Å²) in [6, 6.07) is 7.02. The fourth-order valence-electron chi connectivity index (χ4n) is 1.14. The first kappa shape index (κ1) is 8.78. The third kappa shape index (κ3) is 1.84. The third-order valence-corrected chi connectivity index (χ3v) is 1.69. The molecule has 0 aliphatic carbocycles. The molecule has 1 aromatic carbocycles. The zero-order valence-corrected chi connectivity index (χ0v) is 6.79. The second kappa shape index (κ2) is 3.90. The molecule has 2 heteroatoms. The maximum Gasteiger partial charge on any atom is 0.335 e. The van der Waals surface area contributed by atoms with Crippen LogP contribution >= 0.6 is 0 Å². The van der Waals surface area contributed by atoms with Crippen LogP contribution in [0.5, 0.6) is 0 Å². The quantitative estimate of drug-likeness (QED) is 0.741. The average molecular weight is 163 g/mol. The van der Waals surface area contributed by atoms with Crippen LogP contribution in [0.4, 0.5) is 0 Å². The zero-order valence-electron chi connectivity index (χ0n) is 6.79. The second-order valence-electron chi connectivity index (χ2n) is 2.57. The molecule has 0 saturated carbocycles. The molecule has 12 heavy (non-hydrogen) atoms. The summed E-state index contributed by atoms with van der Waals surface area (Å²) in [6.45, 7) is 3.69. The lowest BCUT2D eigenvalue weighted by atomic mass is 10.0. The summed E-state index contributed by atoms with van der Waals surface area (Å²) in [7, 11) is 0. The summed E-state index contributed by atoms with van der Waals surface area (Å²) in [5.74, 6) is -0.862. The zero-order chi connectivity index (χ0) is 8.97. The van der Waals surface area contributed by atoms with Crippen molar-refractivity contribution in [3.8, 4) is 0 Å². The molecule has 0 bridgehead atoms. The number of aromatic carboxylic acids is 1. The van der Waals surface area contributed by atoms with Gasteiger partial charge in [0.2, 0.25) is 0 Å². The molecule has 0 spiro atoms. The Morgan fingerprint density at radius 1 is 1.42 bits per heavy atom. The Kier molecular flexibility index (Phi) is 2.86. The molecule has 1 rings (SSSR count). The lowest BCUT2D eigenvalue weighted by Gasteiger charge is -2.02. The standard InChI is InChI=1S/C10H11O2/c1-2-5-8-6-3-4-7-9(8)10(11)12/h3-4,6-7H,1-2,5H2,(H,11,12). The molecule has 1 N–H and O–H groups in total. The van der Waals surface area contributed by atoms with Gasteiger partial charge in [-0.05, 0) is 24.5 Å². The molecular formula is C10H11O2. The molecule has 0 aliphatic heterocycles. The topological polar surface area (TPSA) is 37.3 Å². The largest absolute Gasteiger partial charge is 0.478 e. The Morgan fingerprint density at radius 2 is 2.08 bits per heavy atom. The fourth-order valence-corrected chi connectivity index (χ4v) is 1.14. The van der Waals surface area contributed by atoms with Gasteiger partial charge < -0.3 is 5.11 Å². The van der Waals surface area contributed by atoms with Crippen LogP contribution < -0.4 is 0 Å². The maximum absolute atomic E-state index is 10.7. The smallest absolute Gasteiger partial charge is 0.335 e. The summed E-state index contributed by atoms with van der Waals surface area (Å²) < 4.78 is 0. The van der Waals surface area contributed by atoms with Gasteiger partial charge in [0.1, 0.15) is 0 Å². The molecule has 0 aliphatic rings. The van der Waals surface area contributed by atoms with Gasteiger partial charge in [-0.2, -0.15) is 0 Å². The van der Waals surface area contributed by atoms with E-state index >= 15 is 0 Å². The minimum Gasteiger partial charge on any atom is -0.478 e.